The van der Waals surface area contributed by atoms with E-state index in [2.05, 4.69) is 140 Å². The van der Waals surface area contributed by atoms with Gasteiger partial charge in [0.25, 0.3) is 0 Å². The fourth-order valence-electron chi connectivity index (χ4n) is 7.10. The molecule has 0 aliphatic heterocycles. The Kier molecular flexibility index (Phi) is 5.46. The van der Waals surface area contributed by atoms with Crippen molar-refractivity contribution in [2.24, 2.45) is 0 Å². The van der Waals surface area contributed by atoms with E-state index in [1.54, 1.807) is 0 Å². The zero-order chi connectivity index (χ0) is 30.1. The van der Waals surface area contributed by atoms with Gasteiger partial charge in [0.15, 0.2) is 0 Å². The average Bonchev–Trinajstić information content (AvgIpc) is 3.47. The molecule has 0 saturated carbocycles. The Bertz CT molecular complexity index is 2570. The average molecular weight is 578 g/mol. The highest BCUT2D eigenvalue weighted by atomic mass is 32.1. The molecule has 0 nitrogen and oxygen atoms in total. The summed E-state index contributed by atoms with van der Waals surface area (Å²) in [5, 5.41) is 9.92. The van der Waals surface area contributed by atoms with Crippen LogP contribution >= 0.6 is 11.3 Å². The summed E-state index contributed by atoms with van der Waals surface area (Å²) >= 11 is 1.89. The topological polar surface area (TPSA) is 0 Å². The molecule has 1 heterocycles. The van der Waals surface area contributed by atoms with Gasteiger partial charge in [0.05, 0.1) is 1.37 Å². The van der Waals surface area contributed by atoms with E-state index in [9.17, 15) is 0 Å². The third-order valence-electron chi connectivity index (χ3n) is 9.09. The Balaban J connectivity index is 1.31. The molecule has 206 valence electrons. The highest BCUT2D eigenvalue weighted by molar-refractivity contribution is 7.26. The highest BCUT2D eigenvalue weighted by Gasteiger charge is 2.18. The second-order valence-electron chi connectivity index (χ2n) is 11.6. The molecule has 0 bridgehead atoms. The Hall–Kier alpha value is -5.24. The van der Waals surface area contributed by atoms with E-state index in [1.807, 2.05) is 23.5 Å². The van der Waals surface area contributed by atoms with Gasteiger partial charge in [-0.1, -0.05) is 133 Å². The van der Waals surface area contributed by atoms with Crippen molar-refractivity contribution in [1.82, 2.24) is 0 Å². The molecule has 0 unspecified atom stereocenters. The number of benzene rings is 8. The zero-order valence-electron chi connectivity index (χ0n) is 25.3. The SMILES string of the molecule is [2H]c1ccc2cc(-c3c4ccccc4c(-c4cccc(-c5cccc6sc7c(C)cccc7c56)c4)c4ccccc34)ccc2c1. The number of aryl methyl sites for hydroxylation is 1. The lowest BCUT2D eigenvalue weighted by molar-refractivity contribution is 1.56. The molecule has 0 atom stereocenters. The Morgan fingerprint density at radius 3 is 1.86 bits per heavy atom. The van der Waals surface area contributed by atoms with Crippen LogP contribution in [-0.2, 0) is 0 Å². The molecule has 9 rings (SSSR count). The van der Waals surface area contributed by atoms with Crippen molar-refractivity contribution in [2.75, 3.05) is 0 Å². The van der Waals surface area contributed by atoms with Gasteiger partial charge in [0.2, 0.25) is 0 Å². The highest BCUT2D eigenvalue weighted by Crippen LogP contribution is 2.46. The lowest BCUT2D eigenvalue weighted by atomic mass is 9.85. The Morgan fingerprint density at radius 1 is 0.477 bits per heavy atom. The van der Waals surface area contributed by atoms with Crippen LogP contribution in [0.4, 0.5) is 0 Å². The quantitative estimate of drug-likeness (QED) is 0.183. The van der Waals surface area contributed by atoms with E-state index in [4.69, 9.17) is 1.37 Å². The van der Waals surface area contributed by atoms with E-state index < -0.39 is 0 Å². The molecule has 8 aromatic carbocycles. The van der Waals surface area contributed by atoms with Crippen molar-refractivity contribution >= 4 is 63.8 Å². The van der Waals surface area contributed by atoms with Gasteiger partial charge in [-0.25, -0.2) is 0 Å². The minimum Gasteiger partial charge on any atom is -0.135 e. The zero-order valence-corrected chi connectivity index (χ0v) is 25.1. The number of thiophene rings is 1. The van der Waals surface area contributed by atoms with Crippen molar-refractivity contribution in [3.05, 3.63) is 157 Å². The lowest BCUT2D eigenvalue weighted by Crippen LogP contribution is -1.91. The van der Waals surface area contributed by atoms with E-state index in [-0.39, 0.29) is 0 Å². The molecule has 0 saturated heterocycles. The summed E-state index contributed by atoms with van der Waals surface area (Å²) < 4.78 is 10.8. The maximum absolute atomic E-state index is 8.06. The molecule has 44 heavy (non-hydrogen) atoms. The van der Waals surface area contributed by atoms with Gasteiger partial charge in [-0.2, -0.15) is 0 Å². The smallest absolute Gasteiger partial charge is 0.0623 e. The van der Waals surface area contributed by atoms with E-state index >= 15 is 0 Å². The van der Waals surface area contributed by atoms with Crippen molar-refractivity contribution in [3.8, 4) is 33.4 Å². The summed E-state index contributed by atoms with van der Waals surface area (Å²) in [6, 6.07) is 53.3. The molecule has 0 fully saturated rings. The minimum atomic E-state index is 0.538. The Morgan fingerprint density at radius 2 is 1.11 bits per heavy atom. The minimum absolute atomic E-state index is 0.538. The molecule has 0 N–H and O–H groups in total. The van der Waals surface area contributed by atoms with Crippen molar-refractivity contribution in [2.45, 2.75) is 6.92 Å². The Labute approximate surface area is 261 Å². The van der Waals surface area contributed by atoms with Crippen molar-refractivity contribution < 1.29 is 1.37 Å². The third kappa shape index (κ3) is 3.83. The molecule has 0 radical (unpaired) electrons. The first-order valence-corrected chi connectivity index (χ1v) is 15.9. The van der Waals surface area contributed by atoms with Crippen LogP contribution in [0.2, 0.25) is 0 Å². The molecule has 0 amide bonds. The van der Waals surface area contributed by atoms with Crippen LogP contribution < -0.4 is 0 Å². The first-order chi connectivity index (χ1) is 22.1. The standard InChI is InChI=1S/C43H28S/c1-27-11-8-21-38-42-33(20-10-22-39(42)44-43(27)38)30-14-9-15-31(26-30)40-34-16-4-6-18-36(34)41(37-19-7-5-17-35(37)40)32-24-23-28-12-2-3-13-29(28)25-32/h2-26H,1H3/i2D. The summed E-state index contributed by atoms with van der Waals surface area (Å²) in [7, 11) is 0. The second kappa shape index (κ2) is 9.91. The van der Waals surface area contributed by atoms with Crippen LogP contribution in [-0.4, -0.2) is 0 Å². The molecule has 1 aromatic heterocycles. The van der Waals surface area contributed by atoms with Crippen molar-refractivity contribution in [1.29, 1.82) is 0 Å². The van der Waals surface area contributed by atoms with Gasteiger partial charge < -0.3 is 0 Å². The fraction of sp³-hybridized carbons (Fsp3) is 0.0233. The molecule has 1 heteroatoms. The van der Waals surface area contributed by atoms with Crippen LogP contribution in [0.1, 0.15) is 6.93 Å². The summed E-state index contributed by atoms with van der Waals surface area (Å²) in [4.78, 5) is 0. The van der Waals surface area contributed by atoms with E-state index in [0.29, 0.717) is 6.04 Å². The van der Waals surface area contributed by atoms with Gasteiger partial charge in [0.1, 0.15) is 0 Å². The van der Waals surface area contributed by atoms with Crippen molar-refractivity contribution in [3.63, 3.8) is 0 Å². The molecule has 0 aliphatic rings. The largest absolute Gasteiger partial charge is 0.135 e. The third-order valence-corrected chi connectivity index (χ3v) is 10.4. The van der Waals surface area contributed by atoms with E-state index in [0.717, 1.165) is 10.8 Å². The van der Waals surface area contributed by atoms with Crippen LogP contribution in [0, 0.1) is 6.92 Å². The van der Waals surface area contributed by atoms with Gasteiger partial charge in [-0.15, -0.1) is 11.3 Å². The van der Waals surface area contributed by atoms with Gasteiger partial charge in [-0.3, -0.25) is 0 Å². The van der Waals surface area contributed by atoms with Crippen LogP contribution in [0.15, 0.2) is 152 Å². The first-order valence-electron chi connectivity index (χ1n) is 15.6. The maximum Gasteiger partial charge on any atom is 0.0623 e. The van der Waals surface area contributed by atoms with Crippen LogP contribution in [0.5, 0.6) is 0 Å². The predicted molar refractivity (Wildman–Crippen MR) is 193 cm³/mol. The second-order valence-corrected chi connectivity index (χ2v) is 12.7. The molecule has 9 aromatic rings. The normalized spacial score (nSPS) is 12.1. The lowest BCUT2D eigenvalue weighted by Gasteiger charge is -2.18. The molecular weight excluding hydrogens is 549 g/mol. The van der Waals surface area contributed by atoms with Gasteiger partial charge >= 0.3 is 0 Å². The molecular formula is C43H28S. The molecule has 0 spiro atoms. The fourth-order valence-corrected chi connectivity index (χ4v) is 8.30. The number of rotatable bonds is 3. The first kappa shape index (κ1) is 24.2. The summed E-state index contributed by atoms with van der Waals surface area (Å²) in [5.74, 6) is 0. The van der Waals surface area contributed by atoms with Crippen LogP contribution in [0.3, 0.4) is 0 Å². The number of hydrogen-bond acceptors (Lipinski definition) is 1. The monoisotopic (exact) mass is 577 g/mol. The van der Waals surface area contributed by atoms with E-state index in [1.165, 1.54) is 80.7 Å². The summed E-state index contributed by atoms with van der Waals surface area (Å²) in [6.45, 7) is 2.21. The summed E-state index contributed by atoms with van der Waals surface area (Å²) in [6.07, 6.45) is 0. The predicted octanol–water partition coefficient (Wildman–Crippen LogP) is 12.8. The summed E-state index contributed by atoms with van der Waals surface area (Å²) in [5.41, 5.74) is 8.79. The molecule has 0 aliphatic carbocycles. The number of hydrogen-bond donors (Lipinski definition) is 0. The maximum atomic E-state index is 8.06. The van der Waals surface area contributed by atoms with Crippen LogP contribution in [0.25, 0.3) is 85.9 Å². The van der Waals surface area contributed by atoms with Gasteiger partial charge in [0, 0.05) is 20.2 Å². The number of fused-ring (bicyclic) bond motifs is 6. The van der Waals surface area contributed by atoms with Gasteiger partial charge in [-0.05, 0) is 96.4 Å².